The Labute approximate surface area is 132 Å². The van der Waals surface area contributed by atoms with Crippen molar-refractivity contribution in [1.29, 1.82) is 0 Å². The smallest absolute Gasteiger partial charge is 0.222 e. The maximum absolute atomic E-state index is 12.5. The summed E-state index contributed by atoms with van der Waals surface area (Å²) in [6, 6.07) is 8.08. The number of amides is 1. The lowest BCUT2D eigenvalue weighted by Gasteiger charge is -2.20. The molecule has 1 amide bonds. The zero-order valence-corrected chi connectivity index (χ0v) is 13.5. The molecular weight excluding hydrogens is 276 g/mol. The van der Waals surface area contributed by atoms with Gasteiger partial charge in [0.2, 0.25) is 5.91 Å². The minimum Gasteiger partial charge on any atom is -0.496 e. The van der Waals surface area contributed by atoms with Crippen molar-refractivity contribution >= 4 is 5.91 Å². The first-order chi connectivity index (χ1) is 10.7. The van der Waals surface area contributed by atoms with Crippen LogP contribution in [0.5, 0.6) is 5.75 Å². The second-order valence-electron chi connectivity index (χ2n) is 6.80. The monoisotopic (exact) mass is 302 g/mol. The number of para-hydroxylation sites is 1. The van der Waals surface area contributed by atoms with Crippen molar-refractivity contribution in [1.82, 2.24) is 10.2 Å². The van der Waals surface area contributed by atoms with Gasteiger partial charge in [-0.25, -0.2) is 0 Å². The van der Waals surface area contributed by atoms with Crippen molar-refractivity contribution < 1.29 is 9.53 Å². The lowest BCUT2D eigenvalue weighted by Crippen LogP contribution is -2.33. The largest absolute Gasteiger partial charge is 0.496 e. The summed E-state index contributed by atoms with van der Waals surface area (Å²) in [7, 11) is 1.70. The predicted octanol–water partition coefficient (Wildman–Crippen LogP) is 1.94. The molecule has 0 saturated carbocycles. The number of likely N-dealkylation sites (tertiary alicyclic amines) is 1. The molecule has 120 valence electrons. The lowest BCUT2D eigenvalue weighted by molar-refractivity contribution is -0.131. The molecule has 2 heterocycles. The van der Waals surface area contributed by atoms with Crippen LogP contribution in [0.2, 0.25) is 0 Å². The number of methoxy groups -OCH3 is 1. The van der Waals surface area contributed by atoms with E-state index in [2.05, 4.69) is 23.2 Å². The normalized spacial score (nSPS) is 25.1. The average molecular weight is 302 g/mol. The molecule has 4 heteroatoms. The molecule has 0 bridgehead atoms. The minimum absolute atomic E-state index is 0.316. The van der Waals surface area contributed by atoms with Crippen LogP contribution in [-0.2, 0) is 11.2 Å². The maximum Gasteiger partial charge on any atom is 0.222 e. The molecule has 1 unspecified atom stereocenters. The molecule has 4 nitrogen and oxygen atoms in total. The van der Waals surface area contributed by atoms with Crippen LogP contribution in [0.4, 0.5) is 0 Å². The van der Waals surface area contributed by atoms with Gasteiger partial charge in [0.05, 0.1) is 7.11 Å². The number of nitrogens with zero attached hydrogens (tertiary/aromatic N) is 1. The van der Waals surface area contributed by atoms with E-state index in [4.69, 9.17) is 4.74 Å². The van der Waals surface area contributed by atoms with E-state index in [0.29, 0.717) is 30.1 Å². The van der Waals surface area contributed by atoms with Crippen molar-refractivity contribution in [2.24, 2.45) is 17.8 Å². The van der Waals surface area contributed by atoms with E-state index in [-0.39, 0.29) is 0 Å². The Bertz CT molecular complexity index is 520. The van der Waals surface area contributed by atoms with Gasteiger partial charge >= 0.3 is 0 Å². The number of carbonyl (C=O) groups is 1. The van der Waals surface area contributed by atoms with E-state index in [1.165, 1.54) is 5.56 Å². The Morgan fingerprint density at radius 1 is 1.32 bits per heavy atom. The van der Waals surface area contributed by atoms with E-state index in [1.54, 1.807) is 7.11 Å². The van der Waals surface area contributed by atoms with E-state index >= 15 is 0 Å². The van der Waals surface area contributed by atoms with Gasteiger partial charge in [-0.3, -0.25) is 4.79 Å². The van der Waals surface area contributed by atoms with Gasteiger partial charge in [0.15, 0.2) is 0 Å². The van der Waals surface area contributed by atoms with Crippen molar-refractivity contribution in [3.8, 4) is 5.75 Å². The van der Waals surface area contributed by atoms with Gasteiger partial charge in [-0.1, -0.05) is 25.1 Å². The molecule has 1 N–H and O–H groups in total. The highest BCUT2D eigenvalue weighted by molar-refractivity contribution is 5.76. The summed E-state index contributed by atoms with van der Waals surface area (Å²) < 4.78 is 5.40. The van der Waals surface area contributed by atoms with Gasteiger partial charge in [0.25, 0.3) is 0 Å². The fourth-order valence-corrected chi connectivity index (χ4v) is 3.81. The van der Waals surface area contributed by atoms with Crippen LogP contribution in [-0.4, -0.2) is 44.1 Å². The van der Waals surface area contributed by atoms with Crippen molar-refractivity contribution in [3.63, 3.8) is 0 Å². The van der Waals surface area contributed by atoms with Crippen LogP contribution >= 0.6 is 0 Å². The number of hydrogen-bond acceptors (Lipinski definition) is 3. The third-order valence-corrected chi connectivity index (χ3v) is 5.03. The summed E-state index contributed by atoms with van der Waals surface area (Å²) >= 11 is 0. The highest BCUT2D eigenvalue weighted by Gasteiger charge is 2.38. The highest BCUT2D eigenvalue weighted by Crippen LogP contribution is 2.28. The molecule has 2 aliphatic heterocycles. The number of carbonyl (C=O) groups excluding carboxylic acids is 1. The number of ether oxygens (including phenoxy) is 1. The van der Waals surface area contributed by atoms with E-state index in [9.17, 15) is 4.79 Å². The molecule has 2 saturated heterocycles. The molecule has 2 aliphatic rings. The third-order valence-electron chi connectivity index (χ3n) is 5.03. The summed E-state index contributed by atoms with van der Waals surface area (Å²) in [5.41, 5.74) is 1.19. The SMILES string of the molecule is COc1ccccc1CC(C)CC(=O)N1C[C@H]2CNC[C@H]2C1. The molecule has 3 rings (SSSR count). The van der Waals surface area contributed by atoms with E-state index < -0.39 is 0 Å². The highest BCUT2D eigenvalue weighted by atomic mass is 16.5. The van der Waals surface area contributed by atoms with Crippen LogP contribution in [0.25, 0.3) is 0 Å². The zero-order valence-electron chi connectivity index (χ0n) is 13.5. The van der Waals surface area contributed by atoms with Gasteiger partial charge in [-0.05, 0) is 35.8 Å². The molecule has 1 aromatic rings. The van der Waals surface area contributed by atoms with Gasteiger partial charge in [0, 0.05) is 32.6 Å². The van der Waals surface area contributed by atoms with Crippen molar-refractivity contribution in [3.05, 3.63) is 29.8 Å². The number of hydrogen-bond donors (Lipinski definition) is 1. The molecule has 3 atom stereocenters. The Balaban J connectivity index is 1.53. The zero-order chi connectivity index (χ0) is 15.5. The van der Waals surface area contributed by atoms with Crippen LogP contribution in [0.1, 0.15) is 18.9 Å². The Morgan fingerprint density at radius 2 is 2.00 bits per heavy atom. The quantitative estimate of drug-likeness (QED) is 0.904. The molecule has 22 heavy (non-hydrogen) atoms. The molecular formula is C18H26N2O2. The lowest BCUT2D eigenvalue weighted by atomic mass is 9.97. The second-order valence-corrected chi connectivity index (χ2v) is 6.80. The van der Waals surface area contributed by atoms with Crippen LogP contribution < -0.4 is 10.1 Å². The van der Waals surface area contributed by atoms with Crippen LogP contribution in [0, 0.1) is 17.8 Å². The number of rotatable bonds is 5. The molecule has 0 aromatic heterocycles. The van der Waals surface area contributed by atoms with Gasteiger partial charge in [-0.2, -0.15) is 0 Å². The minimum atomic E-state index is 0.316. The first kappa shape index (κ1) is 15.3. The van der Waals surface area contributed by atoms with Crippen LogP contribution in [0.15, 0.2) is 24.3 Å². The first-order valence-electron chi connectivity index (χ1n) is 8.27. The van der Waals surface area contributed by atoms with Crippen LogP contribution in [0.3, 0.4) is 0 Å². The second kappa shape index (κ2) is 6.69. The first-order valence-corrected chi connectivity index (χ1v) is 8.27. The molecule has 2 fully saturated rings. The summed E-state index contributed by atoms with van der Waals surface area (Å²) in [5.74, 6) is 2.92. The fourth-order valence-electron chi connectivity index (χ4n) is 3.81. The van der Waals surface area contributed by atoms with Gasteiger partial charge in [-0.15, -0.1) is 0 Å². The average Bonchev–Trinajstić information content (AvgIpc) is 3.08. The standard InChI is InChI=1S/C18H26N2O2/c1-13(7-14-5-3-4-6-17(14)22-2)8-18(21)20-11-15-9-19-10-16(15)12-20/h3-6,13,15-16,19H,7-12H2,1-2H3/t13?,15-,16+. The molecule has 1 aromatic carbocycles. The van der Waals surface area contributed by atoms with Gasteiger partial charge < -0.3 is 15.0 Å². The summed E-state index contributed by atoms with van der Waals surface area (Å²) in [4.78, 5) is 14.6. The Hall–Kier alpha value is -1.55. The summed E-state index contributed by atoms with van der Waals surface area (Å²) in [6.45, 7) is 6.19. The summed E-state index contributed by atoms with van der Waals surface area (Å²) in [5, 5.41) is 3.42. The molecule has 0 spiro atoms. The summed E-state index contributed by atoms with van der Waals surface area (Å²) in [6.07, 6.45) is 1.52. The molecule has 0 radical (unpaired) electrons. The van der Waals surface area contributed by atoms with Crippen molar-refractivity contribution in [2.45, 2.75) is 19.8 Å². The number of nitrogens with one attached hydrogen (secondary N) is 1. The van der Waals surface area contributed by atoms with E-state index in [1.807, 2.05) is 18.2 Å². The number of fused-ring (bicyclic) bond motifs is 1. The topological polar surface area (TPSA) is 41.6 Å². The number of benzene rings is 1. The Morgan fingerprint density at radius 3 is 2.68 bits per heavy atom. The van der Waals surface area contributed by atoms with Gasteiger partial charge in [0.1, 0.15) is 5.75 Å². The van der Waals surface area contributed by atoms with E-state index in [0.717, 1.165) is 38.3 Å². The fraction of sp³-hybridized carbons (Fsp3) is 0.611. The maximum atomic E-state index is 12.5. The van der Waals surface area contributed by atoms with Crippen molar-refractivity contribution in [2.75, 3.05) is 33.3 Å². The molecule has 0 aliphatic carbocycles. The third kappa shape index (κ3) is 3.27. The predicted molar refractivity (Wildman–Crippen MR) is 86.9 cm³/mol. The Kier molecular flexibility index (Phi) is 4.67.